The van der Waals surface area contributed by atoms with Crippen LogP contribution in [0.2, 0.25) is 0 Å². The van der Waals surface area contributed by atoms with Crippen LogP contribution in [-0.4, -0.2) is 12.2 Å². The first kappa shape index (κ1) is 18.6. The van der Waals surface area contributed by atoms with Gasteiger partial charge in [-0.3, -0.25) is 0 Å². The number of ether oxygens (including phenoxy) is 1. The van der Waals surface area contributed by atoms with Crippen LogP contribution in [0.25, 0.3) is 17.1 Å². The number of methoxy groups -OCH3 is 1. The summed E-state index contributed by atoms with van der Waals surface area (Å²) >= 11 is 0. The zero-order chi connectivity index (χ0) is 20.4. The normalized spacial score (nSPS) is 10.7. The second-order valence-corrected chi connectivity index (χ2v) is 7.09. The Hall–Kier alpha value is -3.73. The molecule has 0 saturated heterocycles. The maximum Gasteiger partial charge on any atom is 0.428 e. The molecule has 0 amide bonds. The lowest BCUT2D eigenvalue weighted by Gasteiger charge is -2.02. The summed E-state index contributed by atoms with van der Waals surface area (Å²) in [7, 11) is 1.58. The first-order valence-electron chi connectivity index (χ1n) is 9.44. The molecule has 0 bridgehead atoms. The molecule has 0 saturated carbocycles. The number of nitrogens with zero attached hydrogens (tertiary/aromatic N) is 3. The van der Waals surface area contributed by atoms with Gasteiger partial charge in [0.25, 0.3) is 5.69 Å². The van der Waals surface area contributed by atoms with E-state index in [1.54, 1.807) is 13.2 Å². The molecule has 1 aromatic heterocycles. The van der Waals surface area contributed by atoms with Crippen molar-refractivity contribution in [2.75, 3.05) is 7.11 Å². The molecule has 0 spiro atoms. The first-order chi connectivity index (χ1) is 14.0. The van der Waals surface area contributed by atoms with Crippen LogP contribution in [0.3, 0.4) is 0 Å². The van der Waals surface area contributed by atoms with Crippen molar-refractivity contribution in [2.45, 2.75) is 13.8 Å². The second kappa shape index (κ2) is 7.72. The van der Waals surface area contributed by atoms with Gasteiger partial charge in [0.05, 0.1) is 7.11 Å². The van der Waals surface area contributed by atoms with Crippen molar-refractivity contribution >= 4 is 0 Å². The fourth-order valence-electron chi connectivity index (χ4n) is 3.16. The second-order valence-electron chi connectivity index (χ2n) is 7.09. The van der Waals surface area contributed by atoms with Gasteiger partial charge in [0.1, 0.15) is 5.75 Å². The van der Waals surface area contributed by atoms with E-state index in [0.717, 1.165) is 11.4 Å². The summed E-state index contributed by atoms with van der Waals surface area (Å²) < 4.78 is 11.2. The third-order valence-electron chi connectivity index (χ3n) is 4.87. The van der Waals surface area contributed by atoms with E-state index < -0.39 is 0 Å². The average Bonchev–Trinajstić information content (AvgIpc) is 2.74. The Morgan fingerprint density at radius 2 is 1.14 bits per heavy atom. The largest absolute Gasteiger partial charge is 0.502 e. The molecule has 5 nitrogen and oxygen atoms in total. The summed E-state index contributed by atoms with van der Waals surface area (Å²) in [5, 5.41) is 10.6. The van der Waals surface area contributed by atoms with Gasteiger partial charge in [-0.1, -0.05) is 44.5 Å². The van der Waals surface area contributed by atoms with E-state index in [1.807, 2.05) is 44.8 Å². The number of aryl methyl sites for hydroxylation is 2. The highest BCUT2D eigenvalue weighted by Crippen LogP contribution is 2.22. The van der Waals surface area contributed by atoms with Gasteiger partial charge in [-0.05, 0) is 24.5 Å². The number of rotatable bonds is 4. The molecule has 4 rings (SSSR count). The lowest BCUT2D eigenvalue weighted by Crippen LogP contribution is -2.55. The topological polar surface area (TPSA) is 41.1 Å². The smallest absolute Gasteiger partial charge is 0.428 e. The minimum Gasteiger partial charge on any atom is -0.502 e. The lowest BCUT2D eigenvalue weighted by molar-refractivity contribution is -0.858. The van der Waals surface area contributed by atoms with Crippen molar-refractivity contribution in [3.8, 4) is 28.6 Å². The molecule has 5 heteroatoms. The highest BCUT2D eigenvalue weighted by molar-refractivity contribution is 5.44. The summed E-state index contributed by atoms with van der Waals surface area (Å²) in [5.41, 5.74) is 5.13. The molecule has 0 unspecified atom stereocenters. The number of hydrogen-bond donors (Lipinski definition) is 1. The van der Waals surface area contributed by atoms with Crippen LogP contribution < -0.4 is 18.4 Å². The predicted molar refractivity (Wildman–Crippen MR) is 109 cm³/mol. The van der Waals surface area contributed by atoms with E-state index in [2.05, 4.69) is 62.4 Å². The molecule has 144 valence electrons. The minimum absolute atomic E-state index is 0.145. The maximum atomic E-state index is 10.6. The van der Waals surface area contributed by atoms with Crippen LogP contribution in [0.5, 0.6) is 11.5 Å². The third kappa shape index (κ3) is 3.94. The predicted octanol–water partition coefficient (Wildman–Crippen LogP) is 2.85. The highest BCUT2D eigenvalue weighted by atomic mass is 16.5. The minimum atomic E-state index is 0.145. The number of aromatic hydroxyl groups is 1. The summed E-state index contributed by atoms with van der Waals surface area (Å²) in [6.07, 6.45) is 5.90. The fraction of sp³-hybridized carbons (Fsp3) is 0.125. The Kier molecular flexibility index (Phi) is 4.96. The molecule has 0 aliphatic heterocycles. The van der Waals surface area contributed by atoms with Gasteiger partial charge >= 0.3 is 19.0 Å². The van der Waals surface area contributed by atoms with Crippen molar-refractivity contribution in [2.24, 2.45) is 0 Å². The summed E-state index contributed by atoms with van der Waals surface area (Å²) in [5.74, 6) is 0.757. The Balaban J connectivity index is 1.90. The molecule has 0 aliphatic rings. The number of phenols is 1. The summed E-state index contributed by atoms with van der Waals surface area (Å²) in [4.78, 5) is 0. The van der Waals surface area contributed by atoms with E-state index in [9.17, 15) is 5.11 Å². The zero-order valence-electron chi connectivity index (χ0n) is 16.8. The van der Waals surface area contributed by atoms with Crippen LogP contribution >= 0.6 is 0 Å². The molecule has 4 aromatic rings. The average molecular weight is 386 g/mol. The molecule has 0 atom stereocenters. The Labute approximate surface area is 170 Å². The van der Waals surface area contributed by atoms with Gasteiger partial charge in [0, 0.05) is 36.4 Å². The Morgan fingerprint density at radius 1 is 0.655 bits per heavy atom. The molecule has 0 aliphatic carbocycles. The zero-order valence-corrected chi connectivity index (χ0v) is 16.8. The fourth-order valence-corrected chi connectivity index (χ4v) is 3.16. The van der Waals surface area contributed by atoms with Crippen molar-refractivity contribution in [1.29, 1.82) is 0 Å². The molecule has 1 N–H and O–H groups in total. The molecule has 1 heterocycles. The quantitative estimate of drug-likeness (QED) is 0.548. The van der Waals surface area contributed by atoms with Gasteiger partial charge < -0.3 is 9.84 Å². The Bertz CT molecular complexity index is 1090. The molecule has 0 fully saturated rings. The highest BCUT2D eigenvalue weighted by Gasteiger charge is 2.26. The van der Waals surface area contributed by atoms with Gasteiger partial charge in [0.15, 0.2) is 5.75 Å². The standard InChI is InChI=1S/C24H23N3O2/c1-18-4-8-20(9-5-18)25-15-26(21-10-6-19(2)7-11-21)17-27(16-25)23-13-12-22(29-3)14-24(23)28/h4-17H,1-3H3/q+2/p+1. The molecular weight excluding hydrogens is 362 g/mol. The number of hydrogen-bond acceptors (Lipinski definition) is 2. The van der Waals surface area contributed by atoms with E-state index >= 15 is 0 Å². The van der Waals surface area contributed by atoms with Gasteiger partial charge in [-0.25, -0.2) is 0 Å². The van der Waals surface area contributed by atoms with Gasteiger partial charge in [0.2, 0.25) is 11.4 Å². The maximum absolute atomic E-state index is 10.6. The van der Waals surface area contributed by atoms with E-state index in [4.69, 9.17) is 4.74 Å². The summed E-state index contributed by atoms with van der Waals surface area (Å²) in [6, 6.07) is 21.9. The van der Waals surface area contributed by atoms with Crippen LogP contribution in [0, 0.1) is 13.8 Å². The van der Waals surface area contributed by atoms with Crippen molar-refractivity contribution in [3.63, 3.8) is 0 Å². The number of aromatic nitrogens is 3. The van der Waals surface area contributed by atoms with Crippen LogP contribution in [-0.2, 0) is 0 Å². The van der Waals surface area contributed by atoms with E-state index in [-0.39, 0.29) is 5.75 Å². The van der Waals surface area contributed by atoms with Crippen LogP contribution in [0.1, 0.15) is 11.1 Å². The van der Waals surface area contributed by atoms with Crippen molar-refractivity contribution in [3.05, 3.63) is 96.8 Å². The molecular formula is C24H24N3O2+3. The number of benzene rings is 3. The summed E-state index contributed by atoms with van der Waals surface area (Å²) in [6.45, 7) is 4.14. The lowest BCUT2D eigenvalue weighted by atomic mass is 10.2. The molecule has 0 radical (unpaired) electrons. The Morgan fingerprint density at radius 3 is 1.59 bits per heavy atom. The van der Waals surface area contributed by atoms with Crippen LogP contribution in [0.4, 0.5) is 0 Å². The SMILES string of the molecule is COc1ccc(-[n+]2c[n+](-c3ccc(C)cc3)c[n+](-c3ccc(C)cc3)c2)c(O)c1. The monoisotopic (exact) mass is 386 g/mol. The van der Waals surface area contributed by atoms with Crippen LogP contribution in [0.15, 0.2) is 85.7 Å². The van der Waals surface area contributed by atoms with Crippen molar-refractivity contribution < 1.29 is 23.5 Å². The first-order valence-corrected chi connectivity index (χ1v) is 9.44. The number of phenolic OH excluding ortho intramolecular Hbond substituents is 1. The van der Waals surface area contributed by atoms with E-state index in [0.29, 0.717) is 11.4 Å². The molecule has 3 aromatic carbocycles. The molecule has 29 heavy (non-hydrogen) atoms. The van der Waals surface area contributed by atoms with Gasteiger partial charge in [-0.2, -0.15) is 0 Å². The third-order valence-corrected chi connectivity index (χ3v) is 4.87. The van der Waals surface area contributed by atoms with Crippen molar-refractivity contribution in [1.82, 2.24) is 0 Å². The van der Waals surface area contributed by atoms with Gasteiger partial charge in [-0.15, -0.1) is 0 Å². The van der Waals surface area contributed by atoms with E-state index in [1.165, 1.54) is 11.1 Å².